The van der Waals surface area contributed by atoms with Crippen LogP contribution in [0.3, 0.4) is 0 Å². The van der Waals surface area contributed by atoms with E-state index in [1.165, 1.54) is 0 Å². The molecule has 27 heavy (non-hydrogen) atoms. The van der Waals surface area contributed by atoms with Crippen molar-refractivity contribution in [2.45, 2.75) is 32.2 Å². The van der Waals surface area contributed by atoms with E-state index in [2.05, 4.69) is 43.2 Å². The van der Waals surface area contributed by atoms with Gasteiger partial charge in [-0.25, -0.2) is 15.0 Å². The maximum absolute atomic E-state index is 8.88. The summed E-state index contributed by atoms with van der Waals surface area (Å²) < 4.78 is 0. The fourth-order valence-electron chi connectivity index (χ4n) is 3.18. The number of hydrogen-bond donors (Lipinski definition) is 1. The van der Waals surface area contributed by atoms with Gasteiger partial charge >= 0.3 is 0 Å². The second-order valence-corrected chi connectivity index (χ2v) is 6.67. The number of hydrogen-bond acceptors (Lipinski definition) is 6. The third-order valence-electron chi connectivity index (χ3n) is 4.85. The van der Waals surface area contributed by atoms with Crippen molar-refractivity contribution in [1.82, 2.24) is 19.9 Å². The summed E-state index contributed by atoms with van der Waals surface area (Å²) >= 11 is 0. The molecule has 1 unspecified atom stereocenters. The van der Waals surface area contributed by atoms with E-state index in [1.54, 1.807) is 12.4 Å². The Morgan fingerprint density at radius 3 is 3.00 bits per heavy atom. The predicted octanol–water partition coefficient (Wildman–Crippen LogP) is 3.36. The van der Waals surface area contributed by atoms with Gasteiger partial charge in [-0.2, -0.15) is 5.26 Å². The van der Waals surface area contributed by atoms with Crippen LogP contribution in [0.25, 0.3) is 5.70 Å². The second kappa shape index (κ2) is 8.49. The highest BCUT2D eigenvalue weighted by Gasteiger charge is 2.29. The number of rotatable bonds is 7. The zero-order valence-corrected chi connectivity index (χ0v) is 15.9. The molecule has 3 heterocycles. The number of nitrogens with zero attached hydrogens (tertiary/aromatic N) is 6. The summed E-state index contributed by atoms with van der Waals surface area (Å²) in [6.45, 7) is 8.21. The van der Waals surface area contributed by atoms with Crippen molar-refractivity contribution in [3.05, 3.63) is 42.4 Å². The Morgan fingerprint density at radius 2 is 2.30 bits per heavy atom. The highest BCUT2D eigenvalue weighted by molar-refractivity contribution is 5.74. The molecule has 1 aliphatic rings. The summed E-state index contributed by atoms with van der Waals surface area (Å²) in [5.74, 6) is 1.50. The molecule has 7 heteroatoms. The molecule has 2 aromatic heterocycles. The van der Waals surface area contributed by atoms with Crippen LogP contribution in [0.4, 0.5) is 11.8 Å². The Labute approximate surface area is 160 Å². The highest BCUT2D eigenvalue weighted by Crippen LogP contribution is 2.30. The number of unbranched alkanes of at least 4 members (excludes halogenated alkanes) is 1. The number of aliphatic imine (C=N–C) groups is 1. The smallest absolute Gasteiger partial charge is 0.225 e. The minimum absolute atomic E-state index is 0.292. The lowest BCUT2D eigenvalue weighted by Gasteiger charge is -2.26. The van der Waals surface area contributed by atoms with Gasteiger partial charge in [0, 0.05) is 43.8 Å². The van der Waals surface area contributed by atoms with E-state index < -0.39 is 0 Å². The van der Waals surface area contributed by atoms with Crippen LogP contribution in [0.1, 0.15) is 37.3 Å². The molecule has 2 aromatic rings. The van der Waals surface area contributed by atoms with Gasteiger partial charge in [0.1, 0.15) is 11.9 Å². The summed E-state index contributed by atoms with van der Waals surface area (Å²) in [5.41, 5.74) is 2.49. The zero-order valence-electron chi connectivity index (χ0n) is 15.9. The van der Waals surface area contributed by atoms with Gasteiger partial charge in [-0.1, -0.05) is 19.9 Å². The van der Waals surface area contributed by atoms with Crippen molar-refractivity contribution < 1.29 is 0 Å². The monoisotopic (exact) mass is 363 g/mol. The molecule has 3 rings (SSSR count). The van der Waals surface area contributed by atoms with Crippen molar-refractivity contribution in [1.29, 1.82) is 5.26 Å². The number of likely N-dealkylation sites (N-methyl/N-ethyl adjacent to an activating group) is 1. The number of likely N-dealkylation sites (tertiary alicyclic amines) is 1. The largest absolute Gasteiger partial charge is 0.369 e. The summed E-state index contributed by atoms with van der Waals surface area (Å²) in [6.07, 6.45) is 10.0. The first-order valence-electron chi connectivity index (χ1n) is 9.23. The molecule has 0 aromatic carbocycles. The SMILES string of the molecule is C=C(c1cc[nH]c1N=CCCC)N1CCC(N(C)c2ncc(C#N)cn2)C1. The van der Waals surface area contributed by atoms with E-state index in [0.717, 1.165) is 49.4 Å². The Morgan fingerprint density at radius 1 is 1.52 bits per heavy atom. The number of aromatic nitrogens is 3. The molecule has 0 saturated carbocycles. The van der Waals surface area contributed by atoms with Gasteiger partial charge in [0.2, 0.25) is 5.95 Å². The topological polar surface area (TPSA) is 84.2 Å². The van der Waals surface area contributed by atoms with Gasteiger partial charge in [0.05, 0.1) is 24.0 Å². The van der Waals surface area contributed by atoms with E-state index >= 15 is 0 Å². The predicted molar refractivity (Wildman–Crippen MR) is 108 cm³/mol. The third kappa shape index (κ3) is 4.17. The highest BCUT2D eigenvalue weighted by atomic mass is 15.3. The number of nitriles is 1. The first kappa shape index (κ1) is 18.6. The lowest BCUT2D eigenvalue weighted by molar-refractivity contribution is 0.481. The van der Waals surface area contributed by atoms with E-state index in [4.69, 9.17) is 5.26 Å². The molecular formula is C20H25N7. The average molecular weight is 363 g/mol. The average Bonchev–Trinajstić information content (AvgIpc) is 3.37. The lowest BCUT2D eigenvalue weighted by Crippen LogP contribution is -2.35. The molecular weight excluding hydrogens is 338 g/mol. The van der Waals surface area contributed by atoms with Crippen molar-refractivity contribution in [2.75, 3.05) is 25.0 Å². The Hall–Kier alpha value is -3.14. The number of H-pyrrole nitrogens is 1. The van der Waals surface area contributed by atoms with Crippen LogP contribution in [0, 0.1) is 11.3 Å². The van der Waals surface area contributed by atoms with E-state index in [-0.39, 0.29) is 0 Å². The van der Waals surface area contributed by atoms with E-state index in [1.807, 2.05) is 31.6 Å². The van der Waals surface area contributed by atoms with Crippen molar-refractivity contribution in [2.24, 2.45) is 4.99 Å². The third-order valence-corrected chi connectivity index (χ3v) is 4.85. The molecule has 0 spiro atoms. The van der Waals surface area contributed by atoms with Crippen LogP contribution in [0.15, 0.2) is 36.2 Å². The normalized spacial score (nSPS) is 16.6. The van der Waals surface area contributed by atoms with Crippen LogP contribution >= 0.6 is 0 Å². The van der Waals surface area contributed by atoms with Crippen LogP contribution in [0.5, 0.6) is 0 Å². The van der Waals surface area contributed by atoms with Gasteiger partial charge in [-0.15, -0.1) is 0 Å². The van der Waals surface area contributed by atoms with Crippen molar-refractivity contribution >= 4 is 23.7 Å². The maximum atomic E-state index is 8.88. The maximum Gasteiger partial charge on any atom is 0.225 e. The van der Waals surface area contributed by atoms with E-state index in [0.29, 0.717) is 17.6 Å². The molecule has 0 radical (unpaired) electrons. The molecule has 1 N–H and O–H groups in total. The Kier molecular flexibility index (Phi) is 5.87. The molecule has 1 fully saturated rings. The molecule has 140 valence electrons. The molecule has 0 bridgehead atoms. The van der Waals surface area contributed by atoms with Gasteiger partial charge in [0.25, 0.3) is 0 Å². The van der Waals surface area contributed by atoms with Crippen molar-refractivity contribution in [3.8, 4) is 6.07 Å². The summed E-state index contributed by atoms with van der Waals surface area (Å²) in [7, 11) is 2.00. The Bertz CT molecular complexity index is 844. The fourth-order valence-corrected chi connectivity index (χ4v) is 3.18. The number of aromatic amines is 1. The first-order valence-corrected chi connectivity index (χ1v) is 9.23. The first-order chi connectivity index (χ1) is 13.1. The van der Waals surface area contributed by atoms with Gasteiger partial charge < -0.3 is 14.8 Å². The minimum Gasteiger partial charge on any atom is -0.369 e. The minimum atomic E-state index is 0.292. The molecule has 0 aliphatic carbocycles. The number of nitrogens with one attached hydrogen (secondary N) is 1. The molecule has 1 atom stereocenters. The lowest BCUT2D eigenvalue weighted by atomic mass is 10.2. The molecule has 0 amide bonds. The summed E-state index contributed by atoms with van der Waals surface area (Å²) in [5, 5.41) is 8.88. The van der Waals surface area contributed by atoms with Crippen LogP contribution < -0.4 is 4.90 Å². The van der Waals surface area contributed by atoms with Crippen LogP contribution in [0.2, 0.25) is 0 Å². The van der Waals surface area contributed by atoms with Crippen LogP contribution in [-0.2, 0) is 0 Å². The Balaban J connectivity index is 1.66. The zero-order chi connectivity index (χ0) is 19.2. The summed E-state index contributed by atoms with van der Waals surface area (Å²) in [4.78, 5) is 20.7. The van der Waals surface area contributed by atoms with Gasteiger partial charge in [0.15, 0.2) is 0 Å². The fraction of sp³-hybridized carbons (Fsp3) is 0.400. The van der Waals surface area contributed by atoms with Gasteiger partial charge in [-0.05, 0) is 18.9 Å². The second-order valence-electron chi connectivity index (χ2n) is 6.67. The van der Waals surface area contributed by atoms with Crippen molar-refractivity contribution in [3.63, 3.8) is 0 Å². The number of anilines is 1. The summed E-state index contributed by atoms with van der Waals surface area (Å²) in [6, 6.07) is 4.37. The van der Waals surface area contributed by atoms with Crippen LogP contribution in [-0.4, -0.2) is 52.2 Å². The standard InChI is InChI=1S/C20H25N7/c1-4-5-8-22-19-18(6-9-23-19)15(2)27-10-7-17(14-27)26(3)20-24-12-16(11-21)13-25-20/h6,8-9,12-13,17,23H,2,4-5,7,10,14H2,1,3H3. The molecule has 1 aliphatic heterocycles. The quantitative estimate of drug-likeness (QED) is 0.763. The molecule has 1 saturated heterocycles. The molecule has 7 nitrogen and oxygen atoms in total. The van der Waals surface area contributed by atoms with E-state index in [9.17, 15) is 0 Å². The van der Waals surface area contributed by atoms with Gasteiger partial charge in [-0.3, -0.25) is 0 Å².